The molecule has 0 spiro atoms. The first-order valence-electron chi connectivity index (χ1n) is 42.0. The molecule has 10 aromatic carbocycles. The van der Waals surface area contributed by atoms with Crippen LogP contribution in [-0.2, 0) is 5.58 Å². The van der Waals surface area contributed by atoms with E-state index in [-0.39, 0.29) is 45.0 Å². The van der Waals surface area contributed by atoms with E-state index in [0.29, 0.717) is 33.2 Å². The van der Waals surface area contributed by atoms with E-state index in [4.69, 9.17) is 0 Å². The Labute approximate surface area is 661 Å². The van der Waals surface area contributed by atoms with Gasteiger partial charge in [0.15, 0.2) is 0 Å². The van der Waals surface area contributed by atoms with Crippen LogP contribution < -0.4 is 7.05 Å². The van der Waals surface area contributed by atoms with Gasteiger partial charge in [-0.15, -0.1) is 0 Å². The van der Waals surface area contributed by atoms with Crippen LogP contribution >= 0.6 is 0 Å². The summed E-state index contributed by atoms with van der Waals surface area (Å²) in [6.45, 7) is 41.8. The van der Waals surface area contributed by atoms with Crippen LogP contribution in [0.1, 0.15) is 288 Å². The number of anilines is 2. The van der Waals surface area contributed by atoms with Gasteiger partial charge in [0.05, 0.1) is 0 Å². The van der Waals surface area contributed by atoms with E-state index >= 15 is 0 Å². The average molecular weight is 1590 g/mol. The molecule has 0 N–H and O–H groups in total. The Hall–Kier alpha value is -6.76. The van der Waals surface area contributed by atoms with E-state index in [0.717, 1.165) is 25.7 Å². The fraction of sp³-hybridized carbons (Fsp3) is 0.400. The molecule has 10 aromatic rings. The van der Waals surface area contributed by atoms with Crippen molar-refractivity contribution < 1.29 is 5.58 Å². The van der Waals surface area contributed by atoms with Gasteiger partial charge in [-0.2, -0.15) is 0 Å². The van der Waals surface area contributed by atoms with Crippen molar-refractivity contribution in [3.8, 4) is 0 Å². The maximum absolute atomic E-state index is 10.4. The Morgan fingerprint density at radius 2 is 0.426 bits per heavy atom. The number of benzene rings is 10. The van der Waals surface area contributed by atoms with Crippen LogP contribution in [0.3, 0.4) is 0 Å². The van der Waals surface area contributed by atoms with Gasteiger partial charge >= 0.3 is 667 Å². The summed E-state index contributed by atoms with van der Waals surface area (Å²) < 4.78 is 28.1. The second kappa shape index (κ2) is 34.5. The number of nitrogens with zero attached hydrogens (tertiary/aromatic N) is 2. The summed E-state index contributed by atoms with van der Waals surface area (Å²) in [7, 11) is -6.18. The Morgan fingerprint density at radius 3 is 0.583 bits per heavy atom. The maximum atomic E-state index is 10.4. The summed E-state index contributed by atoms with van der Waals surface area (Å²) in [5.41, 5.74) is 23.6. The Balaban J connectivity index is 1.27. The molecular weight excluding hydrogens is 1460 g/mol. The van der Waals surface area contributed by atoms with Crippen molar-refractivity contribution in [2.24, 2.45) is 0 Å². The first-order valence-corrected chi connectivity index (χ1v) is 54.1. The van der Waals surface area contributed by atoms with E-state index in [1.54, 1.807) is 0 Å². The van der Waals surface area contributed by atoms with Crippen LogP contribution in [0.5, 0.6) is 0 Å². The molecule has 13 rings (SSSR count). The first kappa shape index (κ1) is 79.3. The third-order valence-electron chi connectivity index (χ3n) is 26.2. The van der Waals surface area contributed by atoms with Gasteiger partial charge in [0.1, 0.15) is 0 Å². The molecule has 2 aliphatic carbocycles. The zero-order valence-corrected chi connectivity index (χ0v) is 74.5. The quantitative estimate of drug-likeness (QED) is 0.0360. The molecule has 0 amide bonds. The predicted molar refractivity (Wildman–Crippen MR) is 471 cm³/mol. The summed E-state index contributed by atoms with van der Waals surface area (Å²) in [6, 6.07) is 105. The van der Waals surface area contributed by atoms with Crippen molar-refractivity contribution in [3.63, 3.8) is 0 Å². The van der Waals surface area contributed by atoms with Gasteiger partial charge < -0.3 is 0 Å². The minimum atomic E-state index is -4.92. The number of rotatable bonds is 28. The zero-order chi connectivity index (χ0) is 76.1. The second-order valence-corrected chi connectivity index (χ2v) is 64.1. The van der Waals surface area contributed by atoms with Crippen molar-refractivity contribution in [2.45, 2.75) is 253 Å². The summed E-state index contributed by atoms with van der Waals surface area (Å²) in [4.78, 5) is 0. The van der Waals surface area contributed by atoms with E-state index in [9.17, 15) is 5.58 Å². The minimum absolute atomic E-state index is 0.118. The van der Waals surface area contributed by atoms with Crippen LogP contribution in [0.2, 0.25) is 42.7 Å². The van der Waals surface area contributed by atoms with Gasteiger partial charge in [0.25, 0.3) is 0 Å². The molecule has 108 heavy (non-hydrogen) atoms. The molecular formula is C100H126Ge2N2O2Si2. The normalized spacial score (nSPS) is 17.8. The van der Waals surface area contributed by atoms with Crippen molar-refractivity contribution in [1.82, 2.24) is 0 Å². The average Bonchev–Trinajstić information content (AvgIpc) is 0.659. The Kier molecular flexibility index (Phi) is 25.3. The zero-order valence-electron chi connectivity index (χ0n) is 68.3. The molecule has 2 saturated carbocycles. The summed E-state index contributed by atoms with van der Waals surface area (Å²) in [6.07, 6.45) is 11.7. The standard InChI is InChI=1S/C100H126Ge2N2O2Si2/c1-71(2)87-67-91(95(79-47-27-17-28-48-79)80-49-29-18-30-50-80)99(92(68-87)96(81-51-31-19-32-52-81)82-53-33-20-34-54-82)103(107(73(5)6,74(7)8)75(9)10)101(89-63-43-25-44-64-89)105-102(106-101,90-65-45-26-46-66-90)104(108(76(11)12,77(13)14)78(15)16)100-93(97(83-55-35-21-36-56-83)84-57-37-22-38-58-84)69-88(72(3)4)70-94(100)98(85-59-39-23-40-60-85)86-61-41-24-42-62-86/h17-24,27-42,47-62,67-78,89-90,95-98H,25-26,43-46,63-66H2,1-16H3. The van der Waals surface area contributed by atoms with Crippen LogP contribution in [-0.4, -0.2) is 44.8 Å². The fourth-order valence-corrected chi connectivity index (χ4v) is 91.9. The molecule has 3 aliphatic rings. The SMILES string of the molecule is CC(C)c1cc(C(c2ccccc2)c2ccccc2)c([N]([Si](C(C)C)(C(C)C)C(C)C)[Ge]2([CH]3CCCCC3)[O][Ge]([CH]3CCCCC3)([N](c3c(C(c4ccccc4)c4ccccc4)cc(C(C)C)cc3C(c3ccccc3)c3ccccc3)[Si](C(C)C)(C(C)C)C(C)C)[O]2)c(C(c2ccccc2)c2ccccc2)c1. The number of hydrogen-bond acceptors (Lipinski definition) is 4. The van der Waals surface area contributed by atoms with Crippen LogP contribution in [0.4, 0.5) is 11.4 Å². The first-order chi connectivity index (χ1) is 52.2. The van der Waals surface area contributed by atoms with Gasteiger partial charge in [-0.1, -0.05) is 0 Å². The van der Waals surface area contributed by atoms with Crippen LogP contribution in [0.15, 0.2) is 267 Å². The van der Waals surface area contributed by atoms with Crippen LogP contribution in [0, 0.1) is 0 Å². The fourth-order valence-electron chi connectivity index (χ4n) is 21.9. The topological polar surface area (TPSA) is 24.9 Å². The number of hydrogen-bond donors (Lipinski definition) is 0. The van der Waals surface area contributed by atoms with Gasteiger partial charge in [0.2, 0.25) is 0 Å². The summed E-state index contributed by atoms with van der Waals surface area (Å²) in [5, 5.41) is 0. The van der Waals surface area contributed by atoms with Crippen LogP contribution in [0.25, 0.3) is 0 Å². The molecule has 0 atom stereocenters. The van der Waals surface area contributed by atoms with Crippen molar-refractivity contribution in [1.29, 1.82) is 0 Å². The molecule has 1 aliphatic heterocycles. The summed E-state index contributed by atoms with van der Waals surface area (Å²) >= 11 is -9.84. The monoisotopic (exact) mass is 1590 g/mol. The predicted octanol–water partition coefficient (Wildman–Crippen LogP) is 28.9. The van der Waals surface area contributed by atoms with Gasteiger partial charge in [-0.25, -0.2) is 0 Å². The van der Waals surface area contributed by atoms with E-state index in [2.05, 4.69) is 385 Å². The third-order valence-corrected chi connectivity index (χ3v) is 73.0. The Morgan fingerprint density at radius 1 is 0.250 bits per heavy atom. The van der Waals surface area contributed by atoms with Crippen molar-refractivity contribution in [3.05, 3.63) is 345 Å². The molecule has 0 bridgehead atoms. The molecule has 1 heterocycles. The molecule has 564 valence electrons. The van der Waals surface area contributed by atoms with Gasteiger partial charge in [0, 0.05) is 0 Å². The van der Waals surface area contributed by atoms with Gasteiger partial charge in [-0.3, -0.25) is 0 Å². The molecule has 4 nitrogen and oxygen atoms in total. The Bertz CT molecular complexity index is 3780. The molecule has 1 saturated heterocycles. The molecule has 3 fully saturated rings. The van der Waals surface area contributed by atoms with Crippen molar-refractivity contribution >= 4 is 56.2 Å². The van der Waals surface area contributed by atoms with E-state index in [1.807, 2.05) is 0 Å². The molecule has 0 unspecified atom stereocenters. The molecule has 8 heteroatoms. The molecule has 0 radical (unpaired) electrons. The molecule has 0 aromatic heterocycles. The van der Waals surface area contributed by atoms with Crippen molar-refractivity contribution in [2.75, 3.05) is 7.05 Å². The third kappa shape index (κ3) is 14.9. The summed E-state index contributed by atoms with van der Waals surface area (Å²) in [5.74, 6) is -0.00343. The van der Waals surface area contributed by atoms with Gasteiger partial charge in [-0.05, 0) is 0 Å². The van der Waals surface area contributed by atoms with E-state index < -0.39 is 44.8 Å². The van der Waals surface area contributed by atoms with E-state index in [1.165, 1.54) is 128 Å². The second-order valence-electron chi connectivity index (χ2n) is 34.9.